The fourth-order valence-electron chi connectivity index (χ4n) is 1.91. The molecule has 6 heteroatoms. The second-order valence-corrected chi connectivity index (χ2v) is 7.86. The molecule has 2 rings (SSSR count). The highest BCUT2D eigenvalue weighted by atomic mass is 35.5. The van der Waals surface area contributed by atoms with Crippen molar-refractivity contribution in [2.45, 2.75) is 16.7 Å². The van der Waals surface area contributed by atoms with Gasteiger partial charge in [0.15, 0.2) is 0 Å². The van der Waals surface area contributed by atoms with Crippen molar-refractivity contribution in [3.05, 3.63) is 53.1 Å². The van der Waals surface area contributed by atoms with Crippen molar-refractivity contribution in [2.75, 3.05) is 17.6 Å². The number of hydrogen-bond donors (Lipinski definition) is 0. The highest BCUT2D eigenvalue weighted by Gasteiger charge is 2.23. The molecule has 0 saturated carbocycles. The van der Waals surface area contributed by atoms with E-state index in [1.165, 1.54) is 16.1 Å². The number of aryl methyl sites for hydroxylation is 1. The Labute approximate surface area is 135 Å². The van der Waals surface area contributed by atoms with E-state index in [0.29, 0.717) is 10.7 Å². The van der Waals surface area contributed by atoms with Gasteiger partial charge in [-0.25, -0.2) is 8.42 Å². The molecular weight excluding hydrogens is 326 g/mol. The first-order valence-corrected chi connectivity index (χ1v) is 9.29. The fraction of sp³-hybridized carbons (Fsp3) is 0.200. The maximum atomic E-state index is 12.7. The Kier molecular flexibility index (Phi) is 4.86. The van der Waals surface area contributed by atoms with Gasteiger partial charge >= 0.3 is 0 Å². The molecule has 0 fully saturated rings. The van der Waals surface area contributed by atoms with Gasteiger partial charge in [-0.15, -0.1) is 11.8 Å². The lowest BCUT2D eigenvalue weighted by molar-refractivity contribution is 0.594. The summed E-state index contributed by atoms with van der Waals surface area (Å²) in [5, 5.41) is 0.587. The zero-order chi connectivity index (χ0) is 15.6. The summed E-state index contributed by atoms with van der Waals surface area (Å²) in [5.41, 5.74) is 1.64. The van der Waals surface area contributed by atoms with E-state index in [9.17, 15) is 8.42 Å². The minimum atomic E-state index is -3.58. The van der Waals surface area contributed by atoms with Crippen LogP contribution in [0.5, 0.6) is 0 Å². The Morgan fingerprint density at radius 1 is 1.10 bits per heavy atom. The van der Waals surface area contributed by atoms with Crippen molar-refractivity contribution in [2.24, 2.45) is 0 Å². The maximum absolute atomic E-state index is 12.7. The highest BCUT2D eigenvalue weighted by Crippen LogP contribution is 2.33. The topological polar surface area (TPSA) is 37.4 Å². The van der Waals surface area contributed by atoms with Crippen LogP contribution in [-0.4, -0.2) is 21.7 Å². The third kappa shape index (κ3) is 3.36. The number of benzene rings is 2. The summed E-state index contributed by atoms with van der Waals surface area (Å²) in [7, 11) is -2.02. The molecule has 0 amide bonds. The lowest BCUT2D eigenvalue weighted by Gasteiger charge is -2.22. The Bertz CT molecular complexity index is 743. The number of nitrogens with zero attached hydrogens (tertiary/aromatic N) is 1. The second-order valence-electron chi connectivity index (χ2n) is 4.60. The predicted molar refractivity (Wildman–Crippen MR) is 90.0 cm³/mol. The summed E-state index contributed by atoms with van der Waals surface area (Å²) < 4.78 is 26.7. The van der Waals surface area contributed by atoms with Gasteiger partial charge in [0, 0.05) is 17.0 Å². The summed E-state index contributed by atoms with van der Waals surface area (Å²) in [5.74, 6) is 0. The molecule has 2 aromatic carbocycles. The van der Waals surface area contributed by atoms with Crippen molar-refractivity contribution < 1.29 is 8.42 Å². The Morgan fingerprint density at radius 3 is 2.29 bits per heavy atom. The molecule has 21 heavy (non-hydrogen) atoms. The lowest BCUT2D eigenvalue weighted by atomic mass is 10.2. The number of halogens is 1. The van der Waals surface area contributed by atoms with Gasteiger partial charge in [0.05, 0.1) is 10.6 Å². The molecule has 0 aliphatic rings. The quantitative estimate of drug-likeness (QED) is 0.782. The molecular formula is C15H16ClNO2S2. The van der Waals surface area contributed by atoms with Gasteiger partial charge in [0.2, 0.25) is 0 Å². The predicted octanol–water partition coefficient (Wildman–Crippen LogP) is 4.20. The zero-order valence-corrected chi connectivity index (χ0v) is 14.4. The van der Waals surface area contributed by atoms with Gasteiger partial charge in [-0.2, -0.15) is 0 Å². The smallest absolute Gasteiger partial charge is 0.264 e. The minimum Gasteiger partial charge on any atom is -0.268 e. The van der Waals surface area contributed by atoms with Gasteiger partial charge in [-0.3, -0.25) is 4.31 Å². The van der Waals surface area contributed by atoms with E-state index in [0.717, 1.165) is 10.5 Å². The molecule has 0 atom stereocenters. The molecule has 0 heterocycles. The van der Waals surface area contributed by atoms with Crippen molar-refractivity contribution in [3.63, 3.8) is 0 Å². The van der Waals surface area contributed by atoms with Gasteiger partial charge in [-0.05, 0) is 43.5 Å². The molecule has 0 aromatic heterocycles. The van der Waals surface area contributed by atoms with Gasteiger partial charge in [0.1, 0.15) is 0 Å². The summed E-state index contributed by atoms with van der Waals surface area (Å²) in [6.45, 7) is 1.92. The number of sulfonamides is 1. The van der Waals surface area contributed by atoms with Crippen molar-refractivity contribution in [3.8, 4) is 0 Å². The number of thioether (sulfide) groups is 1. The van der Waals surface area contributed by atoms with Crippen molar-refractivity contribution in [1.29, 1.82) is 0 Å². The second kappa shape index (κ2) is 6.30. The number of rotatable bonds is 4. The van der Waals surface area contributed by atoms with E-state index in [4.69, 9.17) is 11.6 Å². The molecule has 2 aromatic rings. The van der Waals surface area contributed by atoms with Crippen molar-refractivity contribution in [1.82, 2.24) is 0 Å². The van der Waals surface area contributed by atoms with Gasteiger partial charge in [-0.1, -0.05) is 29.3 Å². The van der Waals surface area contributed by atoms with E-state index in [-0.39, 0.29) is 4.90 Å². The molecule has 0 aliphatic heterocycles. The summed E-state index contributed by atoms with van der Waals surface area (Å²) >= 11 is 7.43. The first-order valence-electron chi connectivity index (χ1n) is 6.25. The standard InChI is InChI=1S/C15H16ClNO2S2/c1-11-4-7-13(8-5-11)21(18,19)17(2)14-9-6-12(16)10-15(14)20-3/h4-10H,1-3H3. The third-order valence-electron chi connectivity index (χ3n) is 3.16. The summed E-state index contributed by atoms with van der Waals surface area (Å²) in [6.07, 6.45) is 1.89. The van der Waals surface area contributed by atoms with Crippen LogP contribution in [0.2, 0.25) is 5.02 Å². The molecule has 0 saturated heterocycles. The minimum absolute atomic E-state index is 0.276. The van der Waals surface area contributed by atoms with E-state index in [1.807, 2.05) is 13.2 Å². The fourth-order valence-corrected chi connectivity index (χ4v) is 4.08. The lowest BCUT2D eigenvalue weighted by Crippen LogP contribution is -2.27. The average molecular weight is 342 g/mol. The molecule has 0 aliphatic carbocycles. The SMILES string of the molecule is CSc1cc(Cl)ccc1N(C)S(=O)(=O)c1ccc(C)cc1. The maximum Gasteiger partial charge on any atom is 0.264 e. The van der Waals surface area contributed by atoms with Crippen LogP contribution < -0.4 is 4.31 Å². The first kappa shape index (κ1) is 16.2. The molecule has 0 unspecified atom stereocenters. The third-order valence-corrected chi connectivity index (χ3v) is 5.95. The van der Waals surface area contributed by atoms with E-state index in [1.54, 1.807) is 49.5 Å². The van der Waals surface area contributed by atoms with E-state index < -0.39 is 10.0 Å². The highest BCUT2D eigenvalue weighted by molar-refractivity contribution is 7.99. The largest absolute Gasteiger partial charge is 0.268 e. The van der Waals surface area contributed by atoms with E-state index >= 15 is 0 Å². The molecule has 0 radical (unpaired) electrons. The van der Waals surface area contributed by atoms with E-state index in [2.05, 4.69) is 0 Å². The molecule has 0 N–H and O–H groups in total. The van der Waals surface area contributed by atoms with Gasteiger partial charge < -0.3 is 0 Å². The zero-order valence-electron chi connectivity index (χ0n) is 12.0. The molecule has 3 nitrogen and oxygen atoms in total. The number of anilines is 1. The Morgan fingerprint density at radius 2 is 1.71 bits per heavy atom. The molecule has 0 bridgehead atoms. The summed E-state index contributed by atoms with van der Waals surface area (Å²) in [6, 6.07) is 12.0. The van der Waals surface area contributed by atoms with Crippen LogP contribution in [0.25, 0.3) is 0 Å². The molecule has 0 spiro atoms. The monoisotopic (exact) mass is 341 g/mol. The van der Waals surface area contributed by atoms with Crippen LogP contribution >= 0.6 is 23.4 Å². The van der Waals surface area contributed by atoms with Crippen LogP contribution in [0.15, 0.2) is 52.3 Å². The van der Waals surface area contributed by atoms with Crippen LogP contribution in [-0.2, 0) is 10.0 Å². The number of hydrogen-bond acceptors (Lipinski definition) is 3. The normalized spacial score (nSPS) is 11.4. The summed E-state index contributed by atoms with van der Waals surface area (Å²) in [4.78, 5) is 1.10. The van der Waals surface area contributed by atoms with Crippen LogP contribution in [0.3, 0.4) is 0 Å². The first-order chi connectivity index (χ1) is 9.86. The van der Waals surface area contributed by atoms with Crippen LogP contribution in [0.1, 0.15) is 5.56 Å². The van der Waals surface area contributed by atoms with Gasteiger partial charge in [0.25, 0.3) is 10.0 Å². The van der Waals surface area contributed by atoms with Crippen LogP contribution in [0, 0.1) is 6.92 Å². The van der Waals surface area contributed by atoms with Crippen LogP contribution in [0.4, 0.5) is 5.69 Å². The Hall–Kier alpha value is -1.17. The van der Waals surface area contributed by atoms with Crippen molar-refractivity contribution >= 4 is 39.1 Å². The average Bonchev–Trinajstić information content (AvgIpc) is 2.46. The Balaban J connectivity index is 2.48. The molecule has 112 valence electrons.